The lowest BCUT2D eigenvalue weighted by molar-refractivity contribution is -0.384. The lowest BCUT2D eigenvalue weighted by atomic mass is 9.81. The fourth-order valence-electron chi connectivity index (χ4n) is 20.4. The fourth-order valence-corrected chi connectivity index (χ4v) is 23.0. The number of aromatic carboxylic acids is 1. The molecule has 6 aliphatic heterocycles. The number of amides is 5. The summed E-state index contributed by atoms with van der Waals surface area (Å²) in [5, 5.41) is 26.7. The number of hydrogen-bond acceptors (Lipinski definition) is 27. The molecule has 0 bridgehead atoms. The third-order valence-corrected chi connectivity index (χ3v) is 31.3. The summed E-state index contributed by atoms with van der Waals surface area (Å²) in [6, 6.07) is 10.7. The number of rotatable bonds is 19. The minimum absolute atomic E-state index is 0.0105. The van der Waals surface area contributed by atoms with E-state index in [0.29, 0.717) is 134 Å². The molecule has 6 saturated heterocycles. The lowest BCUT2D eigenvalue weighted by Crippen LogP contribution is -2.49. The highest BCUT2D eigenvalue weighted by atomic mass is 32.1. The number of esters is 2. The van der Waals surface area contributed by atoms with Gasteiger partial charge >= 0.3 is 36.2 Å². The van der Waals surface area contributed by atoms with Crippen LogP contribution in [0, 0.1) is 115 Å². The molecule has 6 saturated carbocycles. The van der Waals surface area contributed by atoms with Crippen molar-refractivity contribution >= 4 is 111 Å². The SMILES string of the molecule is CC1CCC(C(=O)N(c2cc(C#CC(C)(C)C)sc2C(=O)O)C2CCC(NC(=O)O[C@H]3CO[C@H]4OCC[C@H]43)CC2)CC1.COC(=O)c1sc(C#CC(C)(C)C)cc1N(C(=O)C1CCC(C)CC1)C1CCC(N)CC1.COC(=O)c1sc(C#CC(C)(C)C)cc1N(C(=O)C1CCC(C)CC1)C1CCC(NC(=O)O[C@H]2CO[C@H]3OCC[C@H]32)CC1.O=C(Oc1ccc([N+](=O)[O-])cc1)O[C@H]1CO[C@H]2OCC[C@H]21. The summed E-state index contributed by atoms with van der Waals surface area (Å²) in [7, 11) is 2.76. The topological polar surface area (TPSA) is 388 Å². The van der Waals surface area contributed by atoms with Gasteiger partial charge in [-0.2, -0.15) is 0 Å². The number of carbonyl (C=O) groups excluding carboxylic acids is 8. The van der Waals surface area contributed by atoms with Gasteiger partial charge in [-0.3, -0.25) is 24.5 Å². The van der Waals surface area contributed by atoms with Crippen molar-refractivity contribution in [3.8, 4) is 41.3 Å². The molecule has 31 nitrogen and oxygen atoms in total. The predicted octanol–water partition coefficient (Wildman–Crippen LogP) is 18.9. The van der Waals surface area contributed by atoms with Crippen LogP contribution in [0.2, 0.25) is 0 Å². The molecule has 5 amide bonds. The van der Waals surface area contributed by atoms with Gasteiger partial charge in [-0.15, -0.1) is 34.0 Å². The molecule has 3 aromatic heterocycles. The zero-order valence-electron chi connectivity index (χ0n) is 82.4. The van der Waals surface area contributed by atoms with E-state index < -0.39 is 41.2 Å². The zero-order chi connectivity index (χ0) is 99.0. The molecule has 4 aromatic rings. The van der Waals surface area contributed by atoms with Crippen LogP contribution in [0.5, 0.6) is 5.75 Å². The van der Waals surface area contributed by atoms with Gasteiger partial charge in [-0.25, -0.2) is 28.8 Å². The van der Waals surface area contributed by atoms with E-state index in [1.54, 1.807) is 11.0 Å². The largest absolute Gasteiger partial charge is 0.514 e. The Hall–Kier alpha value is -9.25. The second-order valence-electron chi connectivity index (χ2n) is 42.3. The normalized spacial score (nSPS) is 29.1. The van der Waals surface area contributed by atoms with Crippen molar-refractivity contribution in [3.63, 3.8) is 0 Å². The maximum Gasteiger partial charge on any atom is 0.514 e. The third-order valence-electron chi connectivity index (χ3n) is 28.2. The Kier molecular flexibility index (Phi) is 36.9. The van der Waals surface area contributed by atoms with Crippen molar-refractivity contribution in [2.75, 3.05) is 68.6 Å². The van der Waals surface area contributed by atoms with Gasteiger partial charge in [0.2, 0.25) is 17.7 Å². The highest BCUT2D eigenvalue weighted by Crippen LogP contribution is 2.46. The second-order valence-corrected chi connectivity index (χ2v) is 45.5. The Labute approximate surface area is 823 Å². The summed E-state index contributed by atoms with van der Waals surface area (Å²) in [4.78, 5) is 136. The predicted molar refractivity (Wildman–Crippen MR) is 522 cm³/mol. The summed E-state index contributed by atoms with van der Waals surface area (Å²) in [6.45, 7) is 27.9. The van der Waals surface area contributed by atoms with Crippen molar-refractivity contribution in [2.45, 2.75) is 330 Å². The number of non-ortho nitro benzene ring substituents is 1. The number of nitrogens with zero attached hydrogens (tertiary/aromatic N) is 4. The Morgan fingerprint density at radius 3 is 1.06 bits per heavy atom. The van der Waals surface area contributed by atoms with Crippen molar-refractivity contribution in [2.24, 2.45) is 75.2 Å². The maximum absolute atomic E-state index is 14.3. The third kappa shape index (κ3) is 28.8. The van der Waals surface area contributed by atoms with Crippen LogP contribution in [-0.2, 0) is 66.5 Å². The average Bonchev–Trinajstić information content (AvgIpc) is 1.59. The number of nitro benzene ring substituents is 1. The molecular formula is C104H141N7O24S3. The minimum Gasteiger partial charge on any atom is -0.477 e. The van der Waals surface area contributed by atoms with Crippen LogP contribution in [0.1, 0.15) is 300 Å². The molecule has 754 valence electrons. The van der Waals surface area contributed by atoms with Gasteiger partial charge in [0, 0.05) is 82.4 Å². The molecule has 0 unspecified atom stereocenters. The van der Waals surface area contributed by atoms with Crippen molar-refractivity contribution in [1.82, 2.24) is 10.6 Å². The first-order valence-electron chi connectivity index (χ1n) is 49.6. The Bertz CT molecular complexity index is 5080. The molecule has 9 atom stereocenters. The van der Waals surface area contributed by atoms with Crippen LogP contribution in [-0.4, -0.2) is 191 Å². The van der Waals surface area contributed by atoms with Gasteiger partial charge in [-0.1, -0.05) is 56.3 Å². The number of benzene rings is 1. The van der Waals surface area contributed by atoms with Crippen LogP contribution in [0.15, 0.2) is 42.5 Å². The monoisotopic (exact) mass is 1970 g/mol. The van der Waals surface area contributed by atoms with E-state index in [1.807, 2.05) is 63.5 Å². The first kappa shape index (κ1) is 106. The van der Waals surface area contributed by atoms with Crippen LogP contribution < -0.4 is 35.8 Å². The zero-order valence-corrected chi connectivity index (χ0v) is 84.9. The van der Waals surface area contributed by atoms with E-state index >= 15 is 0 Å². The molecule has 0 spiro atoms. The Balaban J connectivity index is 0.000000160. The quantitative estimate of drug-likeness (QED) is 0.0169. The van der Waals surface area contributed by atoms with Crippen molar-refractivity contribution in [3.05, 3.63) is 81.8 Å². The number of alkyl carbamates (subject to hydrolysis) is 2. The van der Waals surface area contributed by atoms with Crippen LogP contribution in [0.4, 0.5) is 37.1 Å². The summed E-state index contributed by atoms with van der Waals surface area (Å²) in [6.07, 6.45) is 19.2. The molecule has 6 aliphatic carbocycles. The van der Waals surface area contributed by atoms with Gasteiger partial charge in [0.1, 0.15) is 38.7 Å². The summed E-state index contributed by atoms with van der Waals surface area (Å²) >= 11 is 3.74. The van der Waals surface area contributed by atoms with Gasteiger partial charge in [-0.05, 0) is 284 Å². The molecule has 1 aromatic carbocycles. The molecule has 0 radical (unpaired) electrons. The maximum atomic E-state index is 14.3. The number of nitrogens with two attached hydrogens (primary N) is 1. The number of carboxylic acid groups (broad SMARTS) is 1. The van der Waals surface area contributed by atoms with Gasteiger partial charge in [0.15, 0.2) is 18.9 Å². The number of fused-ring (bicyclic) bond motifs is 3. The molecule has 34 heteroatoms. The van der Waals surface area contributed by atoms with E-state index in [0.717, 1.165) is 143 Å². The van der Waals surface area contributed by atoms with Crippen LogP contribution >= 0.6 is 34.0 Å². The van der Waals surface area contributed by atoms with E-state index in [4.69, 9.17) is 62.6 Å². The molecule has 5 N–H and O–H groups in total. The number of anilines is 3. The van der Waals surface area contributed by atoms with Gasteiger partial charge in [0.25, 0.3) is 5.69 Å². The number of carbonyl (C=O) groups is 9. The molecule has 12 aliphatic rings. The Morgan fingerprint density at radius 2 is 0.746 bits per heavy atom. The smallest absolute Gasteiger partial charge is 0.477 e. The highest BCUT2D eigenvalue weighted by Gasteiger charge is 2.49. The second kappa shape index (κ2) is 48.0. The molecule has 16 rings (SSSR count). The van der Waals surface area contributed by atoms with Crippen LogP contribution in [0.3, 0.4) is 0 Å². The van der Waals surface area contributed by atoms with E-state index in [9.17, 15) is 58.4 Å². The number of hydrogen-bond donors (Lipinski definition) is 4. The number of nitro groups is 1. The first-order chi connectivity index (χ1) is 65.7. The van der Waals surface area contributed by atoms with E-state index in [1.165, 1.54) is 61.2 Å². The fraction of sp³-hybridized carbons (Fsp3) is 0.683. The minimum atomic E-state index is -1.04. The van der Waals surface area contributed by atoms with Crippen molar-refractivity contribution in [1.29, 1.82) is 0 Å². The lowest BCUT2D eigenvalue weighted by Gasteiger charge is -2.39. The van der Waals surface area contributed by atoms with E-state index in [-0.39, 0.29) is 166 Å². The van der Waals surface area contributed by atoms with Crippen molar-refractivity contribution < 1.29 is 110 Å². The number of nitrogens with one attached hydrogen (secondary N) is 2. The van der Waals surface area contributed by atoms with Gasteiger partial charge in [0.05, 0.1) is 108 Å². The number of methoxy groups -OCH3 is 2. The standard InChI is InChI=1S/C33H46N2O7S.C32H44N2O7S.C26H38N2O3S.C13H13NO7/c1-20-6-8-21(9-7-20)29(36)35(26-18-24(14-16-33(2,3)4)43-28(26)30(37)39-5)23-12-10-22(11-13-23)34-32(38)42-27-19-41-31-25(27)15-17-40-31;1-19-5-7-20(8-6-19)28(35)34(25-17-23(13-15-32(2,3)4)42-27(25)29(36)37)22-11-9-21(10-12-22)33-31(38)41-26-18-40-30-24(26)14-16-39-30;1-17-6-8-18(9-7-17)24(29)28(20-12-10-19(27)11-13-20)22-16-21(14-15-26(2,3)4)32-23(22)25(30)31-5;15-13(20-9-3-1-8(2-4-9)14(16)17)21-11-7-19-12-10(11)5-6-18-12/h18,20-23,25,27,31H,6-13,15,17,19H2,1-5H3,(H,34,38);17,19-22,24,26,30H,5-12,14,16,18H2,1-4H3,(H,33,38)(H,36,37);16-20H,6-13,27H2,1-5H3;1-4,10-12H,5-7H2/t20?,21?,22?,23?,25-,27-,31+;19?,20?,21?,22?,24-,26-,30+;;10-,11-,12+/m00.0/s1. The number of carboxylic acids is 1. The number of thiophene rings is 3. The molecule has 9 heterocycles. The average molecular weight is 1970 g/mol. The Morgan fingerprint density at radius 1 is 0.435 bits per heavy atom. The summed E-state index contributed by atoms with van der Waals surface area (Å²) < 4.78 is 64.8. The molecular weight excluding hydrogens is 1830 g/mol. The molecule has 138 heavy (non-hydrogen) atoms. The van der Waals surface area contributed by atoms with E-state index in [2.05, 4.69) is 87.7 Å². The summed E-state index contributed by atoms with van der Waals surface area (Å²) in [5.74, 6) is 19.7. The number of ether oxygens (including phenoxy) is 12. The van der Waals surface area contributed by atoms with Crippen LogP contribution in [0.25, 0.3) is 0 Å². The highest BCUT2D eigenvalue weighted by molar-refractivity contribution is 7.16. The first-order valence-corrected chi connectivity index (χ1v) is 52.1. The van der Waals surface area contributed by atoms with Gasteiger partial charge < -0.3 is 93.0 Å². The molecule has 12 fully saturated rings. The summed E-state index contributed by atoms with van der Waals surface area (Å²) in [5.41, 5.74) is 7.23.